The van der Waals surface area contributed by atoms with E-state index in [0.717, 1.165) is 16.2 Å². The van der Waals surface area contributed by atoms with E-state index in [-0.39, 0.29) is 0 Å². The van der Waals surface area contributed by atoms with Gasteiger partial charge in [0.15, 0.2) is 0 Å². The predicted molar refractivity (Wildman–Crippen MR) is 73.8 cm³/mol. The minimum absolute atomic E-state index is 0.450. The number of hydrogen-bond donors (Lipinski definition) is 1. The Labute approximate surface area is 109 Å². The van der Waals surface area contributed by atoms with Crippen LogP contribution in [0.4, 0.5) is 0 Å². The molecule has 3 nitrogen and oxygen atoms in total. The van der Waals surface area contributed by atoms with Crippen LogP contribution in [0.5, 0.6) is 0 Å². The molecule has 1 atom stereocenters. The Kier molecular flexibility index (Phi) is 2.89. The van der Waals surface area contributed by atoms with Crippen LogP contribution in [0.15, 0.2) is 42.6 Å². The Hall–Kier alpha value is -1.65. The maximum atomic E-state index is 9.67. The molecule has 0 spiro atoms. The molecular formula is C14H14N2OS. The number of hydrogen-bond acceptors (Lipinski definition) is 3. The number of benzene rings is 1. The van der Waals surface area contributed by atoms with E-state index in [4.69, 9.17) is 0 Å². The first-order chi connectivity index (χ1) is 8.74. The Bertz CT molecular complexity index is 636. The quantitative estimate of drug-likeness (QED) is 0.783. The monoisotopic (exact) mass is 258 g/mol. The maximum Gasteiger partial charge on any atom is 0.114 e. The fourth-order valence-corrected chi connectivity index (χ4v) is 3.05. The van der Waals surface area contributed by atoms with Gasteiger partial charge in [-0.05, 0) is 31.2 Å². The van der Waals surface area contributed by atoms with Gasteiger partial charge < -0.3 is 9.67 Å². The highest BCUT2D eigenvalue weighted by atomic mass is 32.1. The van der Waals surface area contributed by atoms with E-state index >= 15 is 0 Å². The molecule has 1 aromatic carbocycles. The van der Waals surface area contributed by atoms with Crippen LogP contribution in [0, 0.1) is 0 Å². The van der Waals surface area contributed by atoms with Crippen LogP contribution in [-0.4, -0.2) is 14.7 Å². The van der Waals surface area contributed by atoms with Crippen molar-refractivity contribution in [3.8, 4) is 0 Å². The molecule has 2 heterocycles. The van der Waals surface area contributed by atoms with E-state index < -0.39 is 6.10 Å². The molecule has 4 heteroatoms. The molecule has 3 rings (SSSR count). The lowest BCUT2D eigenvalue weighted by molar-refractivity contribution is 0.190. The maximum absolute atomic E-state index is 9.67. The van der Waals surface area contributed by atoms with Gasteiger partial charge in [-0.25, -0.2) is 4.98 Å². The molecule has 0 saturated heterocycles. The first-order valence-corrected chi connectivity index (χ1v) is 6.73. The van der Waals surface area contributed by atoms with Gasteiger partial charge in [0.2, 0.25) is 0 Å². The molecule has 0 aliphatic rings. The second-order valence-electron chi connectivity index (χ2n) is 4.31. The third kappa shape index (κ3) is 2.05. The number of fused-ring (bicyclic) bond motifs is 1. The fourth-order valence-electron chi connectivity index (χ4n) is 2.08. The van der Waals surface area contributed by atoms with E-state index in [9.17, 15) is 5.11 Å². The van der Waals surface area contributed by atoms with Crippen molar-refractivity contribution in [3.63, 3.8) is 0 Å². The van der Waals surface area contributed by atoms with E-state index in [1.165, 1.54) is 4.70 Å². The average Bonchev–Trinajstić information content (AvgIpc) is 2.94. The molecule has 0 aliphatic heterocycles. The van der Waals surface area contributed by atoms with Gasteiger partial charge in [0, 0.05) is 11.9 Å². The summed E-state index contributed by atoms with van der Waals surface area (Å²) >= 11 is 1.70. The van der Waals surface area contributed by atoms with Gasteiger partial charge in [0.1, 0.15) is 5.01 Å². The smallest absolute Gasteiger partial charge is 0.114 e. The van der Waals surface area contributed by atoms with Gasteiger partial charge in [-0.15, -0.1) is 11.3 Å². The van der Waals surface area contributed by atoms with Gasteiger partial charge >= 0.3 is 0 Å². The molecule has 1 unspecified atom stereocenters. The molecule has 0 amide bonds. The molecule has 92 valence electrons. The third-order valence-electron chi connectivity index (χ3n) is 2.94. The van der Waals surface area contributed by atoms with E-state index in [0.29, 0.717) is 6.54 Å². The molecule has 1 N–H and O–H groups in total. The molecule has 0 bridgehead atoms. The van der Waals surface area contributed by atoms with Gasteiger partial charge in [0.25, 0.3) is 0 Å². The number of aliphatic hydroxyl groups excluding tert-OH is 1. The first kappa shape index (κ1) is 11.4. The summed E-state index contributed by atoms with van der Waals surface area (Å²) in [6, 6.07) is 12.0. The van der Waals surface area contributed by atoms with Crippen molar-refractivity contribution in [1.82, 2.24) is 9.55 Å². The van der Waals surface area contributed by atoms with Crippen LogP contribution >= 0.6 is 11.3 Å². The highest BCUT2D eigenvalue weighted by molar-refractivity contribution is 7.18. The summed E-state index contributed by atoms with van der Waals surface area (Å²) < 4.78 is 3.25. The van der Waals surface area contributed by atoms with Crippen LogP contribution in [0.3, 0.4) is 0 Å². The van der Waals surface area contributed by atoms with E-state index in [1.54, 1.807) is 18.3 Å². The standard InChI is InChI=1S/C14H14N2OS/c1-10(17)12-6-4-8-16(12)9-14-15-11-5-2-3-7-13(11)18-14/h2-8,10,17H,9H2,1H3. The van der Waals surface area contributed by atoms with Crippen LogP contribution in [0.2, 0.25) is 0 Å². The summed E-state index contributed by atoms with van der Waals surface area (Å²) in [5, 5.41) is 10.7. The van der Waals surface area contributed by atoms with Crippen molar-refractivity contribution in [1.29, 1.82) is 0 Å². The summed E-state index contributed by atoms with van der Waals surface area (Å²) in [6.07, 6.45) is 1.53. The summed E-state index contributed by atoms with van der Waals surface area (Å²) in [4.78, 5) is 4.60. The third-order valence-corrected chi connectivity index (χ3v) is 3.96. The molecule has 3 aromatic rings. The largest absolute Gasteiger partial charge is 0.387 e. The Balaban J connectivity index is 1.94. The van der Waals surface area contributed by atoms with Crippen LogP contribution < -0.4 is 0 Å². The molecular weight excluding hydrogens is 244 g/mol. The Morgan fingerprint density at radius 3 is 2.89 bits per heavy atom. The number of aromatic nitrogens is 2. The van der Waals surface area contributed by atoms with Crippen LogP contribution in [-0.2, 0) is 6.54 Å². The lowest BCUT2D eigenvalue weighted by Gasteiger charge is -2.09. The second-order valence-corrected chi connectivity index (χ2v) is 5.43. The average molecular weight is 258 g/mol. The summed E-state index contributed by atoms with van der Waals surface area (Å²) in [6.45, 7) is 2.50. The number of nitrogens with zero attached hydrogens (tertiary/aromatic N) is 2. The normalized spacial score (nSPS) is 13.0. The van der Waals surface area contributed by atoms with Gasteiger partial charge in [-0.3, -0.25) is 0 Å². The molecule has 0 aliphatic carbocycles. The first-order valence-electron chi connectivity index (χ1n) is 5.91. The highest BCUT2D eigenvalue weighted by Crippen LogP contribution is 2.23. The highest BCUT2D eigenvalue weighted by Gasteiger charge is 2.09. The summed E-state index contributed by atoms with van der Waals surface area (Å²) in [7, 11) is 0. The summed E-state index contributed by atoms with van der Waals surface area (Å²) in [5.74, 6) is 0. The molecule has 0 radical (unpaired) electrons. The minimum Gasteiger partial charge on any atom is -0.387 e. The van der Waals surface area contributed by atoms with Crippen molar-refractivity contribution < 1.29 is 5.11 Å². The van der Waals surface area contributed by atoms with Gasteiger partial charge in [-0.1, -0.05) is 12.1 Å². The van der Waals surface area contributed by atoms with Gasteiger partial charge in [-0.2, -0.15) is 0 Å². The van der Waals surface area contributed by atoms with Gasteiger partial charge in [0.05, 0.1) is 22.9 Å². The molecule has 18 heavy (non-hydrogen) atoms. The Morgan fingerprint density at radius 2 is 2.11 bits per heavy atom. The van der Waals surface area contributed by atoms with E-state index in [1.807, 2.05) is 41.1 Å². The zero-order valence-corrected chi connectivity index (χ0v) is 10.9. The number of rotatable bonds is 3. The van der Waals surface area contributed by atoms with Crippen molar-refractivity contribution in [2.24, 2.45) is 0 Å². The number of aliphatic hydroxyl groups is 1. The van der Waals surface area contributed by atoms with Crippen molar-refractivity contribution in [3.05, 3.63) is 53.3 Å². The zero-order chi connectivity index (χ0) is 12.5. The second kappa shape index (κ2) is 4.55. The van der Waals surface area contributed by atoms with Crippen LogP contribution in [0.25, 0.3) is 10.2 Å². The fraction of sp³-hybridized carbons (Fsp3) is 0.214. The topological polar surface area (TPSA) is 38.0 Å². The zero-order valence-electron chi connectivity index (χ0n) is 10.1. The minimum atomic E-state index is -0.450. The lowest BCUT2D eigenvalue weighted by Crippen LogP contribution is -2.05. The SMILES string of the molecule is CC(O)c1cccn1Cc1nc2ccccc2s1. The number of thiazole rings is 1. The lowest BCUT2D eigenvalue weighted by atomic mass is 10.3. The van der Waals surface area contributed by atoms with Crippen LogP contribution in [0.1, 0.15) is 23.7 Å². The predicted octanol–water partition coefficient (Wildman–Crippen LogP) is 3.20. The molecule has 0 saturated carbocycles. The van der Waals surface area contributed by atoms with Crippen molar-refractivity contribution in [2.75, 3.05) is 0 Å². The Morgan fingerprint density at radius 1 is 1.28 bits per heavy atom. The van der Waals surface area contributed by atoms with E-state index in [2.05, 4.69) is 11.1 Å². The number of para-hydroxylation sites is 1. The van der Waals surface area contributed by atoms with Crippen molar-refractivity contribution in [2.45, 2.75) is 19.6 Å². The molecule has 2 aromatic heterocycles. The molecule has 0 fully saturated rings. The van der Waals surface area contributed by atoms with Crippen molar-refractivity contribution >= 4 is 21.6 Å². The summed E-state index contributed by atoms with van der Waals surface area (Å²) in [5.41, 5.74) is 1.97.